The van der Waals surface area contributed by atoms with Crippen molar-refractivity contribution in [2.75, 3.05) is 17.5 Å². The second kappa shape index (κ2) is 8.05. The van der Waals surface area contributed by atoms with Gasteiger partial charge in [0.05, 0.1) is 17.9 Å². The van der Waals surface area contributed by atoms with Gasteiger partial charge in [-0.1, -0.05) is 0 Å². The number of hydrogen-bond acceptors (Lipinski definition) is 6. The molecular weight excluding hydrogens is 362 g/mol. The largest absolute Gasteiger partial charge is 0.755 e. The molecule has 0 saturated heterocycles. The van der Waals surface area contributed by atoms with Crippen LogP contribution in [0.2, 0.25) is 0 Å². The van der Waals surface area contributed by atoms with E-state index in [-0.39, 0.29) is 17.0 Å². The number of hydrogen-bond donors (Lipinski definition) is 1. The fourth-order valence-electron chi connectivity index (χ4n) is 2.17. The molecule has 1 aliphatic rings. The number of carbonyl (C=O) groups excluding carboxylic acids is 1. The standard InChI is InChI=1S/C17H23NO7S/c1-17(2,3)25-15(19)9-18(26(22)23)13-7-6-12(16(20)21)8-14(13)24-10-11-4-5-11/h6-8,11H,4-5,9-10H2,1-3H3,(H,20,21)(H,22,23)/p-1. The first-order chi connectivity index (χ1) is 12.1. The first kappa shape index (κ1) is 20.2. The van der Waals surface area contributed by atoms with Crippen LogP contribution >= 0.6 is 0 Å². The Morgan fingerprint density at radius 1 is 1.35 bits per heavy atom. The molecule has 1 fully saturated rings. The van der Waals surface area contributed by atoms with E-state index in [2.05, 4.69) is 0 Å². The lowest BCUT2D eigenvalue weighted by Gasteiger charge is -2.29. The third-order valence-electron chi connectivity index (χ3n) is 3.52. The fourth-order valence-corrected chi connectivity index (χ4v) is 2.69. The van der Waals surface area contributed by atoms with Crippen LogP contribution in [0.25, 0.3) is 0 Å². The zero-order valence-electron chi connectivity index (χ0n) is 14.9. The number of nitrogens with zero attached hydrogens (tertiary/aromatic N) is 1. The van der Waals surface area contributed by atoms with E-state index in [0.717, 1.165) is 17.1 Å². The van der Waals surface area contributed by atoms with E-state index < -0.39 is 35.4 Å². The number of rotatable bonds is 8. The van der Waals surface area contributed by atoms with Gasteiger partial charge < -0.3 is 19.1 Å². The van der Waals surface area contributed by atoms with Gasteiger partial charge in [0, 0.05) is 11.3 Å². The molecule has 144 valence electrons. The van der Waals surface area contributed by atoms with Crippen molar-refractivity contribution in [3.63, 3.8) is 0 Å². The lowest BCUT2D eigenvalue weighted by molar-refractivity contribution is -0.152. The Balaban J connectivity index is 2.28. The van der Waals surface area contributed by atoms with Gasteiger partial charge in [-0.2, -0.15) is 0 Å². The molecule has 0 aromatic heterocycles. The van der Waals surface area contributed by atoms with E-state index in [1.165, 1.54) is 18.2 Å². The number of carbonyl (C=O) groups is 2. The molecule has 1 aliphatic carbocycles. The first-order valence-corrected chi connectivity index (χ1v) is 9.19. The zero-order chi connectivity index (χ0) is 19.5. The molecule has 1 aromatic rings. The maximum absolute atomic E-state index is 12.0. The van der Waals surface area contributed by atoms with Crippen LogP contribution in [0.3, 0.4) is 0 Å². The molecule has 0 radical (unpaired) electrons. The third-order valence-corrected chi connectivity index (χ3v) is 4.21. The highest BCUT2D eigenvalue weighted by Gasteiger charge is 2.25. The number of aromatic carboxylic acids is 1. The van der Waals surface area contributed by atoms with Crippen molar-refractivity contribution < 1.29 is 32.9 Å². The van der Waals surface area contributed by atoms with Crippen molar-refractivity contribution in [1.82, 2.24) is 0 Å². The summed E-state index contributed by atoms with van der Waals surface area (Å²) < 4.78 is 34.9. The van der Waals surface area contributed by atoms with Crippen LogP contribution in [0.5, 0.6) is 5.75 Å². The van der Waals surface area contributed by atoms with E-state index in [4.69, 9.17) is 14.6 Å². The van der Waals surface area contributed by atoms with Crippen molar-refractivity contribution >= 4 is 28.9 Å². The number of carboxylic acids is 1. The molecule has 26 heavy (non-hydrogen) atoms. The highest BCUT2D eigenvalue weighted by Crippen LogP contribution is 2.34. The van der Waals surface area contributed by atoms with E-state index in [1.807, 2.05) is 0 Å². The maximum atomic E-state index is 12.0. The molecule has 1 N–H and O–H groups in total. The van der Waals surface area contributed by atoms with Gasteiger partial charge >= 0.3 is 11.9 Å². The van der Waals surface area contributed by atoms with E-state index in [0.29, 0.717) is 12.5 Å². The Bertz CT molecular complexity index is 710. The monoisotopic (exact) mass is 384 g/mol. The van der Waals surface area contributed by atoms with Crippen LogP contribution in [-0.2, 0) is 20.8 Å². The van der Waals surface area contributed by atoms with Gasteiger partial charge in [0.25, 0.3) is 0 Å². The summed E-state index contributed by atoms with van der Waals surface area (Å²) in [5.41, 5.74) is -0.700. The van der Waals surface area contributed by atoms with Crippen molar-refractivity contribution in [2.45, 2.75) is 39.2 Å². The summed E-state index contributed by atoms with van der Waals surface area (Å²) in [6.07, 6.45) is 2.03. The summed E-state index contributed by atoms with van der Waals surface area (Å²) in [7, 11) is 0. The molecule has 1 unspecified atom stereocenters. The van der Waals surface area contributed by atoms with E-state index in [9.17, 15) is 18.4 Å². The van der Waals surface area contributed by atoms with Gasteiger partial charge in [-0.05, 0) is 57.7 Å². The van der Waals surface area contributed by atoms with Crippen molar-refractivity contribution in [3.8, 4) is 5.75 Å². The molecule has 1 saturated carbocycles. The SMILES string of the molecule is CC(C)(C)OC(=O)CN(c1ccc(C(=O)O)cc1OCC1CC1)S(=O)[O-]. The van der Waals surface area contributed by atoms with Crippen LogP contribution in [0, 0.1) is 5.92 Å². The minimum absolute atomic E-state index is 0.0338. The Morgan fingerprint density at radius 3 is 2.50 bits per heavy atom. The number of carboxylic acid groups (broad SMARTS) is 1. The maximum Gasteiger partial charge on any atom is 0.335 e. The Labute approximate surface area is 154 Å². The van der Waals surface area contributed by atoms with Gasteiger partial charge in [0.1, 0.15) is 17.9 Å². The molecule has 2 rings (SSSR count). The number of ether oxygens (including phenoxy) is 2. The summed E-state index contributed by atoms with van der Waals surface area (Å²) in [6, 6.07) is 3.83. The highest BCUT2D eigenvalue weighted by atomic mass is 32.2. The van der Waals surface area contributed by atoms with Crippen LogP contribution in [0.4, 0.5) is 5.69 Å². The molecule has 0 heterocycles. The van der Waals surface area contributed by atoms with Crippen LogP contribution in [-0.4, -0.2) is 44.6 Å². The van der Waals surface area contributed by atoms with Crippen molar-refractivity contribution in [3.05, 3.63) is 23.8 Å². The Kier molecular flexibility index (Phi) is 6.25. The van der Waals surface area contributed by atoms with Crippen LogP contribution < -0.4 is 9.04 Å². The normalized spacial score (nSPS) is 15.2. The molecule has 0 amide bonds. The molecule has 1 aromatic carbocycles. The molecule has 0 bridgehead atoms. The van der Waals surface area contributed by atoms with Crippen LogP contribution in [0.15, 0.2) is 18.2 Å². The zero-order valence-corrected chi connectivity index (χ0v) is 15.7. The Morgan fingerprint density at radius 2 is 2.00 bits per heavy atom. The summed E-state index contributed by atoms with van der Waals surface area (Å²) in [5, 5.41) is 9.15. The predicted molar refractivity (Wildman–Crippen MR) is 93.7 cm³/mol. The van der Waals surface area contributed by atoms with Gasteiger partial charge in [0.15, 0.2) is 0 Å². The van der Waals surface area contributed by atoms with E-state index >= 15 is 0 Å². The second-order valence-corrected chi connectivity index (χ2v) is 7.96. The van der Waals surface area contributed by atoms with Crippen molar-refractivity contribution in [1.29, 1.82) is 0 Å². The lowest BCUT2D eigenvalue weighted by atomic mass is 10.2. The number of anilines is 1. The summed E-state index contributed by atoms with van der Waals surface area (Å²) in [6.45, 7) is 4.85. The van der Waals surface area contributed by atoms with Gasteiger partial charge in [-0.3, -0.25) is 13.3 Å². The first-order valence-electron chi connectivity index (χ1n) is 8.15. The average molecular weight is 384 g/mol. The molecule has 0 spiro atoms. The summed E-state index contributed by atoms with van der Waals surface area (Å²) in [4.78, 5) is 23.2. The van der Waals surface area contributed by atoms with Gasteiger partial charge in [-0.15, -0.1) is 0 Å². The topological polar surface area (TPSA) is 116 Å². The number of esters is 1. The molecule has 8 nitrogen and oxygen atoms in total. The minimum Gasteiger partial charge on any atom is -0.755 e. The summed E-state index contributed by atoms with van der Waals surface area (Å²) in [5.74, 6) is -1.40. The molecule has 1 atom stereocenters. The quantitative estimate of drug-likeness (QED) is 0.539. The van der Waals surface area contributed by atoms with Gasteiger partial charge in [-0.25, -0.2) is 4.79 Å². The Hall–Kier alpha value is -2.13. The average Bonchev–Trinajstić information content (AvgIpc) is 3.32. The molecule has 9 heteroatoms. The summed E-state index contributed by atoms with van der Waals surface area (Å²) >= 11 is -2.77. The van der Waals surface area contributed by atoms with E-state index in [1.54, 1.807) is 20.8 Å². The lowest BCUT2D eigenvalue weighted by Crippen LogP contribution is -2.36. The smallest absolute Gasteiger partial charge is 0.335 e. The van der Waals surface area contributed by atoms with Crippen molar-refractivity contribution in [2.24, 2.45) is 5.92 Å². The predicted octanol–water partition coefficient (Wildman–Crippen LogP) is 2.12. The minimum atomic E-state index is -2.77. The van der Waals surface area contributed by atoms with Crippen LogP contribution in [0.1, 0.15) is 44.0 Å². The number of benzene rings is 1. The van der Waals surface area contributed by atoms with Gasteiger partial charge in [0.2, 0.25) is 0 Å². The molecular formula is C17H22NO7S-. The highest BCUT2D eigenvalue weighted by molar-refractivity contribution is 7.80. The third kappa shape index (κ3) is 5.99. The second-order valence-electron chi connectivity index (χ2n) is 7.08. The molecule has 0 aliphatic heterocycles. The fraction of sp³-hybridized carbons (Fsp3) is 0.529.